The average Bonchev–Trinajstić information content (AvgIpc) is 3.07. The number of urea groups is 1. The number of nitrogens with zero attached hydrogens (tertiary/aromatic N) is 1. The maximum atomic E-state index is 12.0. The van der Waals surface area contributed by atoms with E-state index in [2.05, 4.69) is 12.2 Å². The number of carboxylic acids is 1. The number of nitrogens with one attached hydrogen (secondary N) is 1. The third-order valence-electron chi connectivity index (χ3n) is 3.81. The summed E-state index contributed by atoms with van der Waals surface area (Å²) >= 11 is 0. The van der Waals surface area contributed by atoms with E-state index in [1.807, 2.05) is 4.90 Å². The molecule has 0 aromatic heterocycles. The van der Waals surface area contributed by atoms with Gasteiger partial charge in [-0.25, -0.2) is 4.79 Å². The second-order valence-electron chi connectivity index (χ2n) is 5.69. The highest BCUT2D eigenvalue weighted by Crippen LogP contribution is 2.34. The van der Waals surface area contributed by atoms with Gasteiger partial charge in [-0.05, 0) is 32.6 Å². The zero-order valence-electron chi connectivity index (χ0n) is 11.4. The number of ether oxygens (including phenoxy) is 1. The minimum Gasteiger partial charge on any atom is -0.481 e. The van der Waals surface area contributed by atoms with E-state index < -0.39 is 5.97 Å². The van der Waals surface area contributed by atoms with Crippen LogP contribution in [-0.4, -0.2) is 53.3 Å². The summed E-state index contributed by atoms with van der Waals surface area (Å²) in [5.74, 6) is -0.838. The van der Waals surface area contributed by atoms with E-state index in [0.717, 1.165) is 25.7 Å². The molecule has 0 unspecified atom stereocenters. The molecule has 0 bridgehead atoms. The first-order chi connectivity index (χ1) is 8.98. The van der Waals surface area contributed by atoms with Crippen LogP contribution < -0.4 is 5.32 Å². The Labute approximate surface area is 113 Å². The van der Waals surface area contributed by atoms with Gasteiger partial charge in [-0.3, -0.25) is 4.79 Å². The van der Waals surface area contributed by atoms with Crippen molar-refractivity contribution >= 4 is 12.0 Å². The standard InChI is InChI=1S/C13H22N2O4/c1-13(5-6-13)14-12(18)15-7-2-10(3-8-15)19-9-4-11(16)17/h10H,2-9H2,1H3,(H,14,18)(H,16,17). The molecule has 2 N–H and O–H groups in total. The molecule has 0 radical (unpaired) electrons. The molecule has 1 saturated carbocycles. The predicted molar refractivity (Wildman–Crippen MR) is 69.0 cm³/mol. The summed E-state index contributed by atoms with van der Waals surface area (Å²) in [5, 5.41) is 11.6. The molecule has 0 aromatic rings. The zero-order chi connectivity index (χ0) is 13.9. The van der Waals surface area contributed by atoms with Gasteiger partial charge < -0.3 is 20.1 Å². The normalized spacial score (nSPS) is 22.1. The molecule has 1 aliphatic heterocycles. The Bertz CT molecular complexity index is 347. The molecular formula is C13H22N2O4. The van der Waals surface area contributed by atoms with Gasteiger partial charge in [0.15, 0.2) is 0 Å². The number of rotatable bonds is 5. The van der Waals surface area contributed by atoms with Crippen molar-refractivity contribution in [1.29, 1.82) is 0 Å². The number of carbonyl (C=O) groups is 2. The van der Waals surface area contributed by atoms with Crippen molar-refractivity contribution in [3.05, 3.63) is 0 Å². The van der Waals surface area contributed by atoms with Crippen LogP contribution >= 0.6 is 0 Å². The highest BCUT2D eigenvalue weighted by molar-refractivity contribution is 5.75. The van der Waals surface area contributed by atoms with Crippen LogP contribution in [0.3, 0.4) is 0 Å². The summed E-state index contributed by atoms with van der Waals surface area (Å²) in [6, 6.07) is 0.0176. The van der Waals surface area contributed by atoms with Crippen molar-refractivity contribution in [1.82, 2.24) is 10.2 Å². The third-order valence-corrected chi connectivity index (χ3v) is 3.81. The highest BCUT2D eigenvalue weighted by Gasteiger charge is 2.40. The number of likely N-dealkylation sites (tertiary alicyclic amines) is 1. The minimum absolute atomic E-state index is 0.0176. The van der Waals surface area contributed by atoms with Crippen LogP contribution in [0.2, 0.25) is 0 Å². The lowest BCUT2D eigenvalue weighted by Crippen LogP contribution is -2.49. The Morgan fingerprint density at radius 2 is 2.00 bits per heavy atom. The quantitative estimate of drug-likeness (QED) is 0.787. The fourth-order valence-electron chi connectivity index (χ4n) is 2.19. The lowest BCUT2D eigenvalue weighted by molar-refractivity contribution is -0.138. The summed E-state index contributed by atoms with van der Waals surface area (Å²) in [7, 11) is 0. The van der Waals surface area contributed by atoms with E-state index >= 15 is 0 Å². The first kappa shape index (κ1) is 14.1. The van der Waals surface area contributed by atoms with Crippen molar-refractivity contribution in [2.75, 3.05) is 19.7 Å². The number of aliphatic carboxylic acids is 1. The van der Waals surface area contributed by atoms with Crippen molar-refractivity contribution in [2.45, 2.75) is 50.7 Å². The molecule has 0 spiro atoms. The molecule has 1 saturated heterocycles. The van der Waals surface area contributed by atoms with Crippen LogP contribution in [0, 0.1) is 0 Å². The lowest BCUT2D eigenvalue weighted by Gasteiger charge is -2.32. The van der Waals surface area contributed by atoms with Crippen LogP contribution in [0.5, 0.6) is 0 Å². The fourth-order valence-corrected chi connectivity index (χ4v) is 2.19. The number of hydrogen-bond acceptors (Lipinski definition) is 3. The van der Waals surface area contributed by atoms with Crippen LogP contribution in [-0.2, 0) is 9.53 Å². The lowest BCUT2D eigenvalue weighted by atomic mass is 10.1. The van der Waals surface area contributed by atoms with E-state index in [9.17, 15) is 9.59 Å². The van der Waals surface area contributed by atoms with Gasteiger partial charge in [0.2, 0.25) is 0 Å². The van der Waals surface area contributed by atoms with Gasteiger partial charge in [0.05, 0.1) is 19.1 Å². The van der Waals surface area contributed by atoms with Crippen LogP contribution in [0.4, 0.5) is 4.79 Å². The van der Waals surface area contributed by atoms with Gasteiger partial charge in [-0.15, -0.1) is 0 Å². The predicted octanol–water partition coefficient (Wildman–Crippen LogP) is 1.20. The second kappa shape index (κ2) is 5.77. The van der Waals surface area contributed by atoms with Crippen molar-refractivity contribution in [3.8, 4) is 0 Å². The first-order valence-corrected chi connectivity index (χ1v) is 6.89. The first-order valence-electron chi connectivity index (χ1n) is 6.89. The Kier molecular flexibility index (Phi) is 4.29. The second-order valence-corrected chi connectivity index (χ2v) is 5.69. The Hall–Kier alpha value is -1.30. The van der Waals surface area contributed by atoms with E-state index in [4.69, 9.17) is 9.84 Å². The fraction of sp³-hybridized carbons (Fsp3) is 0.846. The summed E-state index contributed by atoms with van der Waals surface area (Å²) in [5.41, 5.74) is 0.0198. The topological polar surface area (TPSA) is 78.9 Å². The van der Waals surface area contributed by atoms with E-state index in [-0.39, 0.29) is 30.7 Å². The van der Waals surface area contributed by atoms with Gasteiger partial charge in [0.1, 0.15) is 0 Å². The molecule has 108 valence electrons. The van der Waals surface area contributed by atoms with Gasteiger partial charge >= 0.3 is 12.0 Å². The molecule has 6 nitrogen and oxygen atoms in total. The summed E-state index contributed by atoms with van der Waals surface area (Å²) in [6.07, 6.45) is 3.81. The molecule has 2 rings (SSSR count). The molecule has 1 aliphatic carbocycles. The summed E-state index contributed by atoms with van der Waals surface area (Å²) < 4.78 is 5.50. The van der Waals surface area contributed by atoms with Gasteiger partial charge in [-0.1, -0.05) is 0 Å². The summed E-state index contributed by atoms with van der Waals surface area (Å²) in [4.78, 5) is 24.2. The SMILES string of the molecule is CC1(NC(=O)N2CCC(OCCC(=O)O)CC2)CC1. The van der Waals surface area contributed by atoms with Crippen LogP contribution in [0.25, 0.3) is 0 Å². The Morgan fingerprint density at radius 1 is 1.37 bits per heavy atom. The van der Waals surface area contributed by atoms with E-state index in [1.54, 1.807) is 0 Å². The molecule has 2 fully saturated rings. The Balaban J connectivity index is 1.64. The van der Waals surface area contributed by atoms with Crippen LogP contribution in [0.15, 0.2) is 0 Å². The van der Waals surface area contributed by atoms with E-state index in [0.29, 0.717) is 13.1 Å². The average molecular weight is 270 g/mol. The van der Waals surface area contributed by atoms with Crippen molar-refractivity contribution < 1.29 is 19.4 Å². The number of carboxylic acid groups (broad SMARTS) is 1. The molecule has 0 atom stereocenters. The smallest absolute Gasteiger partial charge is 0.317 e. The number of amides is 2. The number of piperidine rings is 1. The molecular weight excluding hydrogens is 248 g/mol. The van der Waals surface area contributed by atoms with Crippen LogP contribution in [0.1, 0.15) is 39.0 Å². The number of hydrogen-bond donors (Lipinski definition) is 2. The minimum atomic E-state index is -0.838. The molecule has 2 amide bonds. The Morgan fingerprint density at radius 3 is 2.53 bits per heavy atom. The zero-order valence-corrected chi connectivity index (χ0v) is 11.4. The highest BCUT2D eigenvalue weighted by atomic mass is 16.5. The van der Waals surface area contributed by atoms with Gasteiger partial charge in [0, 0.05) is 18.6 Å². The largest absolute Gasteiger partial charge is 0.481 e. The maximum absolute atomic E-state index is 12.0. The van der Waals surface area contributed by atoms with Gasteiger partial charge in [0.25, 0.3) is 0 Å². The molecule has 0 aromatic carbocycles. The van der Waals surface area contributed by atoms with E-state index in [1.165, 1.54) is 0 Å². The molecule has 19 heavy (non-hydrogen) atoms. The number of carbonyl (C=O) groups excluding carboxylic acids is 1. The summed E-state index contributed by atoms with van der Waals surface area (Å²) in [6.45, 7) is 3.68. The van der Waals surface area contributed by atoms with Crippen molar-refractivity contribution in [2.24, 2.45) is 0 Å². The van der Waals surface area contributed by atoms with Crippen molar-refractivity contribution in [3.63, 3.8) is 0 Å². The molecule has 1 heterocycles. The molecule has 2 aliphatic rings. The third kappa shape index (κ3) is 4.38. The monoisotopic (exact) mass is 270 g/mol. The maximum Gasteiger partial charge on any atom is 0.317 e. The molecule has 6 heteroatoms. The van der Waals surface area contributed by atoms with Gasteiger partial charge in [-0.2, -0.15) is 0 Å².